The van der Waals surface area contributed by atoms with Crippen LogP contribution in [0.25, 0.3) is 0 Å². The molecule has 18 heavy (non-hydrogen) atoms. The average molecular weight is 266 g/mol. The zero-order valence-corrected chi connectivity index (χ0v) is 12.0. The van der Waals surface area contributed by atoms with Crippen molar-refractivity contribution in [2.75, 3.05) is 13.1 Å². The van der Waals surface area contributed by atoms with Gasteiger partial charge in [-0.05, 0) is 36.0 Å². The van der Waals surface area contributed by atoms with E-state index in [4.69, 9.17) is 11.6 Å². The van der Waals surface area contributed by atoms with E-state index in [2.05, 4.69) is 20.8 Å². The van der Waals surface area contributed by atoms with Crippen LogP contribution in [0.15, 0.2) is 18.2 Å². The molecule has 0 atom stereocenters. The van der Waals surface area contributed by atoms with Gasteiger partial charge in [0.05, 0.1) is 0 Å². The van der Waals surface area contributed by atoms with Crippen molar-refractivity contribution in [2.45, 2.75) is 39.0 Å². The minimum absolute atomic E-state index is 0.00626. The lowest BCUT2D eigenvalue weighted by Crippen LogP contribution is -2.27. The molecule has 2 rings (SSSR count). The highest BCUT2D eigenvalue weighted by Crippen LogP contribution is 2.30. The molecule has 1 amide bonds. The molecule has 1 aliphatic heterocycles. The van der Waals surface area contributed by atoms with Crippen LogP contribution in [-0.4, -0.2) is 23.9 Å². The van der Waals surface area contributed by atoms with Gasteiger partial charge in [0.25, 0.3) is 5.91 Å². The van der Waals surface area contributed by atoms with Crippen LogP contribution in [-0.2, 0) is 5.41 Å². The smallest absolute Gasteiger partial charge is 0.253 e. The Morgan fingerprint density at radius 2 is 1.83 bits per heavy atom. The lowest BCUT2D eigenvalue weighted by Gasteiger charge is -2.22. The monoisotopic (exact) mass is 265 g/mol. The summed E-state index contributed by atoms with van der Waals surface area (Å²) in [7, 11) is 0. The van der Waals surface area contributed by atoms with Gasteiger partial charge in [0.15, 0.2) is 0 Å². The molecule has 2 nitrogen and oxygen atoms in total. The summed E-state index contributed by atoms with van der Waals surface area (Å²) in [6, 6.07) is 5.68. The van der Waals surface area contributed by atoms with Gasteiger partial charge in [-0.15, -0.1) is 0 Å². The van der Waals surface area contributed by atoms with Gasteiger partial charge >= 0.3 is 0 Å². The lowest BCUT2D eigenvalue weighted by molar-refractivity contribution is 0.0793. The first-order chi connectivity index (χ1) is 8.39. The van der Waals surface area contributed by atoms with Crippen molar-refractivity contribution >= 4 is 17.5 Å². The lowest BCUT2D eigenvalue weighted by atomic mass is 9.86. The fraction of sp³-hybridized carbons (Fsp3) is 0.533. The second-order valence-electron chi connectivity index (χ2n) is 5.94. The number of carbonyl (C=O) groups excluding carboxylic acids is 1. The van der Waals surface area contributed by atoms with E-state index >= 15 is 0 Å². The van der Waals surface area contributed by atoms with Crippen molar-refractivity contribution in [3.63, 3.8) is 0 Å². The Hall–Kier alpha value is -1.02. The molecule has 0 aromatic heterocycles. The number of hydrogen-bond acceptors (Lipinski definition) is 1. The maximum atomic E-state index is 12.2. The number of rotatable bonds is 1. The molecule has 3 heteroatoms. The zero-order chi connectivity index (χ0) is 13.3. The Morgan fingerprint density at radius 1 is 1.22 bits per heavy atom. The summed E-state index contributed by atoms with van der Waals surface area (Å²) in [6.07, 6.45) is 2.22. The molecule has 1 aromatic carbocycles. The quantitative estimate of drug-likeness (QED) is 0.755. The van der Waals surface area contributed by atoms with Crippen LogP contribution in [0.5, 0.6) is 0 Å². The van der Waals surface area contributed by atoms with Crippen molar-refractivity contribution in [1.29, 1.82) is 0 Å². The molecule has 0 spiro atoms. The van der Waals surface area contributed by atoms with Gasteiger partial charge in [-0.2, -0.15) is 0 Å². The summed E-state index contributed by atoms with van der Waals surface area (Å²) < 4.78 is 0. The minimum atomic E-state index is 0.00626. The number of halogens is 1. The van der Waals surface area contributed by atoms with Crippen LogP contribution in [0.1, 0.15) is 49.5 Å². The van der Waals surface area contributed by atoms with Gasteiger partial charge in [-0.25, -0.2) is 0 Å². The minimum Gasteiger partial charge on any atom is -0.339 e. The first-order valence-electron chi connectivity index (χ1n) is 6.49. The van der Waals surface area contributed by atoms with Crippen LogP contribution in [0.3, 0.4) is 0 Å². The van der Waals surface area contributed by atoms with E-state index in [9.17, 15) is 4.79 Å². The number of likely N-dealkylation sites (tertiary alicyclic amines) is 1. The molecule has 1 fully saturated rings. The van der Waals surface area contributed by atoms with Gasteiger partial charge in [0.2, 0.25) is 0 Å². The van der Waals surface area contributed by atoms with Crippen LogP contribution in [0.2, 0.25) is 5.02 Å². The number of benzene rings is 1. The molecule has 0 saturated carbocycles. The summed E-state index contributed by atoms with van der Waals surface area (Å²) in [5.41, 5.74) is 1.80. The van der Waals surface area contributed by atoms with Crippen LogP contribution < -0.4 is 0 Å². The second kappa shape index (κ2) is 4.93. The Balaban J connectivity index is 2.26. The standard InChI is InChI=1S/C15H20ClNO/c1-15(2,3)12-7-6-11(10-13(12)16)14(18)17-8-4-5-9-17/h6-7,10H,4-5,8-9H2,1-3H3. The molecule has 0 N–H and O–H groups in total. The van der Waals surface area contributed by atoms with Crippen LogP contribution >= 0.6 is 11.6 Å². The predicted octanol–water partition coefficient (Wildman–Crippen LogP) is 3.87. The molecular weight excluding hydrogens is 246 g/mol. The number of hydrogen-bond donors (Lipinski definition) is 0. The fourth-order valence-electron chi connectivity index (χ4n) is 2.36. The van der Waals surface area contributed by atoms with Gasteiger partial charge in [-0.1, -0.05) is 38.4 Å². The van der Waals surface area contributed by atoms with Crippen LogP contribution in [0, 0.1) is 0 Å². The van der Waals surface area contributed by atoms with Gasteiger partial charge in [0.1, 0.15) is 0 Å². The summed E-state index contributed by atoms with van der Waals surface area (Å²) in [5.74, 6) is 0.106. The van der Waals surface area contributed by atoms with E-state index < -0.39 is 0 Å². The predicted molar refractivity (Wildman–Crippen MR) is 75.3 cm³/mol. The summed E-state index contributed by atoms with van der Waals surface area (Å²) >= 11 is 6.29. The second-order valence-corrected chi connectivity index (χ2v) is 6.35. The van der Waals surface area contributed by atoms with Gasteiger partial charge in [-0.3, -0.25) is 4.79 Å². The highest BCUT2D eigenvalue weighted by Gasteiger charge is 2.22. The summed E-state index contributed by atoms with van der Waals surface area (Å²) in [6.45, 7) is 8.11. The van der Waals surface area contributed by atoms with E-state index in [1.165, 1.54) is 0 Å². The summed E-state index contributed by atoms with van der Waals surface area (Å²) in [5, 5.41) is 0.688. The third kappa shape index (κ3) is 2.69. The molecule has 0 unspecified atom stereocenters. The van der Waals surface area contributed by atoms with E-state index in [1.54, 1.807) is 0 Å². The van der Waals surface area contributed by atoms with Crippen LogP contribution in [0.4, 0.5) is 0 Å². The van der Waals surface area contributed by atoms with Crippen molar-refractivity contribution in [3.8, 4) is 0 Å². The molecule has 0 aliphatic carbocycles. The Kier molecular flexibility index (Phi) is 3.67. The molecule has 1 aliphatic rings. The third-order valence-corrected chi connectivity index (χ3v) is 3.73. The maximum absolute atomic E-state index is 12.2. The highest BCUT2D eigenvalue weighted by atomic mass is 35.5. The average Bonchev–Trinajstić information content (AvgIpc) is 2.79. The first-order valence-corrected chi connectivity index (χ1v) is 6.87. The Bertz CT molecular complexity index is 456. The SMILES string of the molecule is CC(C)(C)c1ccc(C(=O)N2CCCC2)cc1Cl. The Labute approximate surface area is 114 Å². The molecule has 1 heterocycles. The molecule has 98 valence electrons. The molecule has 0 radical (unpaired) electrons. The number of amides is 1. The number of nitrogens with zero attached hydrogens (tertiary/aromatic N) is 1. The molecular formula is C15H20ClNO. The third-order valence-electron chi connectivity index (χ3n) is 3.42. The first kappa shape index (κ1) is 13.4. The van der Waals surface area contributed by atoms with E-state index in [0.29, 0.717) is 10.6 Å². The largest absolute Gasteiger partial charge is 0.339 e. The topological polar surface area (TPSA) is 20.3 Å². The summed E-state index contributed by atoms with van der Waals surface area (Å²) in [4.78, 5) is 14.1. The van der Waals surface area contributed by atoms with Crippen molar-refractivity contribution in [2.24, 2.45) is 0 Å². The number of carbonyl (C=O) groups is 1. The van der Waals surface area contributed by atoms with Gasteiger partial charge < -0.3 is 4.90 Å². The molecule has 1 aromatic rings. The maximum Gasteiger partial charge on any atom is 0.253 e. The normalized spacial score (nSPS) is 16.1. The van der Waals surface area contributed by atoms with E-state index in [0.717, 1.165) is 31.5 Å². The van der Waals surface area contributed by atoms with E-state index in [1.807, 2.05) is 23.1 Å². The zero-order valence-electron chi connectivity index (χ0n) is 11.3. The molecule has 1 saturated heterocycles. The fourth-order valence-corrected chi connectivity index (χ4v) is 2.82. The Morgan fingerprint density at radius 3 is 2.33 bits per heavy atom. The van der Waals surface area contributed by atoms with E-state index in [-0.39, 0.29) is 11.3 Å². The van der Waals surface area contributed by atoms with Crippen molar-refractivity contribution in [3.05, 3.63) is 34.3 Å². The van der Waals surface area contributed by atoms with Crippen molar-refractivity contribution in [1.82, 2.24) is 4.90 Å². The van der Waals surface area contributed by atoms with Gasteiger partial charge in [0, 0.05) is 23.7 Å². The highest BCUT2D eigenvalue weighted by molar-refractivity contribution is 6.31. The molecule has 0 bridgehead atoms. The van der Waals surface area contributed by atoms with Crippen molar-refractivity contribution < 1.29 is 4.79 Å².